The molecule has 196 valence electrons. The number of nitriles is 1. The lowest BCUT2D eigenvalue weighted by Crippen LogP contribution is -2.40. The first kappa shape index (κ1) is 27.4. The lowest BCUT2D eigenvalue weighted by atomic mass is 9.93. The zero-order valence-electron chi connectivity index (χ0n) is 21.2. The largest absolute Gasteiger partial charge is 0.496 e. The summed E-state index contributed by atoms with van der Waals surface area (Å²) in [6, 6.07) is 13.8. The Bertz CT molecular complexity index is 1600. The van der Waals surface area contributed by atoms with Gasteiger partial charge in [-0.3, -0.25) is 9.36 Å². The van der Waals surface area contributed by atoms with E-state index in [0.29, 0.717) is 44.1 Å². The third kappa shape index (κ3) is 5.59. The highest BCUT2D eigenvalue weighted by Gasteiger charge is 2.36. The van der Waals surface area contributed by atoms with E-state index in [4.69, 9.17) is 24.5 Å². The molecule has 1 atom stereocenters. The van der Waals surface area contributed by atoms with Gasteiger partial charge in [0.05, 0.1) is 29.5 Å². The maximum atomic E-state index is 13.9. The van der Waals surface area contributed by atoms with Gasteiger partial charge in [0.15, 0.2) is 11.4 Å². The smallest absolute Gasteiger partial charge is 0.338 e. The molecule has 0 N–H and O–H groups in total. The molecular weight excluding hydrogens is 570 g/mol. The molecule has 10 heteroatoms. The van der Waals surface area contributed by atoms with Gasteiger partial charge in [-0.05, 0) is 55.3 Å². The molecule has 2 aromatic carbocycles. The van der Waals surface area contributed by atoms with Crippen LogP contribution < -0.4 is 24.4 Å². The predicted octanol–water partition coefficient (Wildman–Crippen LogP) is 4.25. The van der Waals surface area contributed by atoms with Crippen LogP contribution in [-0.2, 0) is 9.53 Å². The first-order chi connectivity index (χ1) is 18.4. The summed E-state index contributed by atoms with van der Waals surface area (Å²) in [5.41, 5.74) is 2.10. The van der Waals surface area contributed by atoms with Gasteiger partial charge < -0.3 is 14.2 Å². The molecule has 4 rings (SSSR count). The number of halogens is 1. The number of benzene rings is 2. The highest BCUT2D eigenvalue weighted by molar-refractivity contribution is 9.10. The summed E-state index contributed by atoms with van der Waals surface area (Å²) in [5.74, 6) is 0.601. The van der Waals surface area contributed by atoms with Gasteiger partial charge in [-0.1, -0.05) is 52.7 Å². The van der Waals surface area contributed by atoms with E-state index in [9.17, 15) is 9.59 Å². The Morgan fingerprint density at radius 1 is 1.24 bits per heavy atom. The second-order valence-corrected chi connectivity index (χ2v) is 10.2. The number of fused-ring (bicyclic) bond motifs is 1. The second kappa shape index (κ2) is 12.2. The molecule has 0 spiro atoms. The third-order valence-corrected chi connectivity index (χ3v) is 7.34. The molecule has 0 bridgehead atoms. The Morgan fingerprint density at radius 3 is 2.66 bits per heavy atom. The normalized spacial score (nSPS) is 14.9. The van der Waals surface area contributed by atoms with E-state index in [1.165, 1.54) is 11.3 Å². The first-order valence-electron chi connectivity index (χ1n) is 12.1. The van der Waals surface area contributed by atoms with E-state index in [1.54, 1.807) is 42.9 Å². The first-order valence-corrected chi connectivity index (χ1v) is 13.7. The van der Waals surface area contributed by atoms with Gasteiger partial charge in [0, 0.05) is 10.0 Å². The number of carbonyl (C=O) groups excluding carboxylic acids is 1. The molecule has 0 aliphatic carbocycles. The Labute approximate surface area is 232 Å². The molecule has 38 heavy (non-hydrogen) atoms. The summed E-state index contributed by atoms with van der Waals surface area (Å²) >= 11 is 4.79. The highest BCUT2D eigenvalue weighted by atomic mass is 79.9. The van der Waals surface area contributed by atoms with Crippen molar-refractivity contribution < 1.29 is 19.0 Å². The van der Waals surface area contributed by atoms with E-state index in [0.717, 1.165) is 16.5 Å². The lowest BCUT2D eigenvalue weighted by Gasteiger charge is -2.27. The van der Waals surface area contributed by atoms with Crippen LogP contribution in [0.5, 0.6) is 11.5 Å². The third-order valence-electron chi connectivity index (χ3n) is 5.86. The number of hydrogen-bond donors (Lipinski definition) is 0. The minimum absolute atomic E-state index is 0.0418. The number of aromatic nitrogens is 1. The number of thiazole rings is 1. The molecular formula is C28H26BrN3O5S. The maximum Gasteiger partial charge on any atom is 0.338 e. The molecule has 0 saturated heterocycles. The number of allylic oxidation sites excluding steroid dienone is 1. The number of nitrogens with zero attached hydrogens (tertiary/aromatic N) is 3. The molecule has 0 amide bonds. The average molecular weight is 597 g/mol. The van der Waals surface area contributed by atoms with Crippen molar-refractivity contribution in [3.8, 4) is 17.6 Å². The van der Waals surface area contributed by atoms with Gasteiger partial charge >= 0.3 is 5.97 Å². The van der Waals surface area contributed by atoms with Crippen LogP contribution in [0.1, 0.15) is 43.9 Å². The summed E-state index contributed by atoms with van der Waals surface area (Å²) in [6.45, 7) is 3.92. The number of carbonyl (C=O) groups is 1. The molecule has 1 aromatic heterocycles. The molecule has 0 fully saturated rings. The molecule has 8 nitrogen and oxygen atoms in total. The minimum atomic E-state index is -0.775. The van der Waals surface area contributed by atoms with Gasteiger partial charge in [0.1, 0.15) is 23.6 Å². The Morgan fingerprint density at radius 2 is 2.00 bits per heavy atom. The van der Waals surface area contributed by atoms with Gasteiger partial charge in [-0.15, -0.1) is 0 Å². The van der Waals surface area contributed by atoms with E-state index in [2.05, 4.69) is 15.9 Å². The number of hydrogen-bond acceptors (Lipinski definition) is 8. The SMILES string of the molecule is CCCC1=C(C(=O)OCC)[C@@H](c2cc(Br)ccc2OC)n2c(s/c(=C/c3ccc(OCC#N)cc3)c2=O)=N1. The van der Waals surface area contributed by atoms with Crippen LogP contribution in [-0.4, -0.2) is 30.9 Å². The number of methoxy groups -OCH3 is 1. The summed E-state index contributed by atoms with van der Waals surface area (Å²) in [6.07, 6.45) is 3.09. The Kier molecular flexibility index (Phi) is 8.81. The molecule has 0 saturated carbocycles. The number of esters is 1. The zero-order chi connectivity index (χ0) is 27.2. The monoisotopic (exact) mass is 595 g/mol. The molecule has 2 heterocycles. The van der Waals surface area contributed by atoms with Crippen molar-refractivity contribution in [2.45, 2.75) is 32.7 Å². The van der Waals surface area contributed by atoms with Crippen molar-refractivity contribution in [3.05, 3.63) is 89.0 Å². The van der Waals surface area contributed by atoms with Gasteiger partial charge in [-0.2, -0.15) is 5.26 Å². The van der Waals surface area contributed by atoms with E-state index >= 15 is 0 Å². The average Bonchev–Trinajstić information content (AvgIpc) is 3.22. The number of ether oxygens (including phenoxy) is 3. The summed E-state index contributed by atoms with van der Waals surface area (Å²) < 4.78 is 19.2. The van der Waals surface area contributed by atoms with Crippen molar-refractivity contribution in [1.29, 1.82) is 5.26 Å². The lowest BCUT2D eigenvalue weighted by molar-refractivity contribution is -0.139. The maximum absolute atomic E-state index is 13.9. The zero-order valence-corrected chi connectivity index (χ0v) is 23.6. The van der Waals surface area contributed by atoms with Crippen molar-refractivity contribution in [2.75, 3.05) is 20.3 Å². The van der Waals surface area contributed by atoms with Gasteiger partial charge in [0.25, 0.3) is 5.56 Å². The van der Waals surface area contributed by atoms with Crippen molar-refractivity contribution >= 4 is 39.3 Å². The molecule has 0 radical (unpaired) electrons. The molecule has 0 unspecified atom stereocenters. The standard InChI is InChI=1S/C28H26BrN3O5S/c1-4-6-21-24(27(34)36-5-2)25(20-16-18(29)9-12-22(20)35-3)32-26(33)23(38-28(32)31-21)15-17-7-10-19(11-8-17)37-14-13-30/h7-12,15-16,25H,4-6,14H2,1-3H3/b23-15+/t25-/m1/s1. The number of rotatable bonds is 9. The summed E-state index contributed by atoms with van der Waals surface area (Å²) in [7, 11) is 1.56. The molecule has 1 aliphatic heterocycles. The Balaban J connectivity index is 1.95. The minimum Gasteiger partial charge on any atom is -0.496 e. The Hall–Kier alpha value is -3.68. The van der Waals surface area contributed by atoms with Crippen LogP contribution in [0, 0.1) is 11.3 Å². The molecule has 1 aliphatic rings. The molecule has 3 aromatic rings. The van der Waals surface area contributed by atoms with Crippen LogP contribution in [0.2, 0.25) is 0 Å². The van der Waals surface area contributed by atoms with Crippen molar-refractivity contribution in [2.24, 2.45) is 4.99 Å². The second-order valence-electron chi connectivity index (χ2n) is 8.32. The van der Waals surface area contributed by atoms with Gasteiger partial charge in [0.2, 0.25) is 0 Å². The van der Waals surface area contributed by atoms with E-state index < -0.39 is 12.0 Å². The fourth-order valence-corrected chi connectivity index (χ4v) is 5.66. The van der Waals surface area contributed by atoms with Crippen molar-refractivity contribution in [3.63, 3.8) is 0 Å². The highest BCUT2D eigenvalue weighted by Crippen LogP contribution is 2.38. The summed E-state index contributed by atoms with van der Waals surface area (Å²) in [5, 5.41) is 8.71. The van der Waals surface area contributed by atoms with E-state index in [1.807, 2.05) is 37.3 Å². The fourth-order valence-electron chi connectivity index (χ4n) is 4.26. The predicted molar refractivity (Wildman–Crippen MR) is 148 cm³/mol. The fraction of sp³-hybridized carbons (Fsp3) is 0.286. The van der Waals surface area contributed by atoms with Crippen LogP contribution in [0.15, 0.2) is 68.0 Å². The van der Waals surface area contributed by atoms with Crippen molar-refractivity contribution in [1.82, 2.24) is 4.57 Å². The van der Waals surface area contributed by atoms with Crippen LogP contribution >= 0.6 is 27.3 Å². The van der Waals surface area contributed by atoms with Gasteiger partial charge in [-0.25, -0.2) is 9.79 Å². The summed E-state index contributed by atoms with van der Waals surface area (Å²) in [4.78, 5) is 32.5. The quantitative estimate of drug-likeness (QED) is 0.343. The van der Waals surface area contributed by atoms with Crippen LogP contribution in [0.3, 0.4) is 0 Å². The van der Waals surface area contributed by atoms with Crippen LogP contribution in [0.4, 0.5) is 0 Å². The van der Waals surface area contributed by atoms with Crippen LogP contribution in [0.25, 0.3) is 6.08 Å². The van der Waals surface area contributed by atoms with E-state index in [-0.39, 0.29) is 18.8 Å². The topological polar surface area (TPSA) is 103 Å².